The lowest BCUT2D eigenvalue weighted by Gasteiger charge is -2.25. The van der Waals surface area contributed by atoms with E-state index >= 15 is 0 Å². The minimum absolute atomic E-state index is 0.157. The van der Waals surface area contributed by atoms with Gasteiger partial charge in [0.2, 0.25) is 0 Å². The lowest BCUT2D eigenvalue weighted by Crippen LogP contribution is -2.47. The van der Waals surface area contributed by atoms with Gasteiger partial charge in [-0.2, -0.15) is 0 Å². The molecule has 2 aromatic carbocycles. The summed E-state index contributed by atoms with van der Waals surface area (Å²) in [4.78, 5) is 27.1. The number of hydrazine groups is 1. The minimum atomic E-state index is -0.505. The number of benzene rings is 2. The van der Waals surface area contributed by atoms with Crippen LogP contribution in [-0.4, -0.2) is 42.8 Å². The summed E-state index contributed by atoms with van der Waals surface area (Å²) in [5.41, 5.74) is 4.60. The molecule has 10 heteroatoms. The van der Waals surface area contributed by atoms with E-state index in [0.717, 1.165) is 11.3 Å². The number of amides is 2. The maximum Gasteiger partial charge on any atom is 0.276 e. The average Bonchev–Trinajstić information content (AvgIpc) is 2.95. The van der Waals surface area contributed by atoms with Gasteiger partial charge in [0.15, 0.2) is 12.4 Å². The summed E-state index contributed by atoms with van der Waals surface area (Å²) in [6.45, 7) is 1.44. The van der Waals surface area contributed by atoms with Crippen LogP contribution in [0.2, 0.25) is 15.1 Å². The van der Waals surface area contributed by atoms with Gasteiger partial charge in [-0.1, -0.05) is 46.9 Å². The first kappa shape index (κ1) is 22.9. The highest BCUT2D eigenvalue weighted by atomic mass is 35.5. The van der Waals surface area contributed by atoms with Crippen molar-refractivity contribution in [3.05, 3.63) is 57.0 Å². The quantitative estimate of drug-likeness (QED) is 0.634. The van der Waals surface area contributed by atoms with E-state index in [9.17, 15) is 9.59 Å². The highest BCUT2D eigenvalue weighted by Crippen LogP contribution is 2.42. The normalized spacial score (nSPS) is 18.5. The van der Waals surface area contributed by atoms with Crippen molar-refractivity contribution in [2.24, 2.45) is 0 Å². The molecule has 0 saturated carbocycles. The van der Waals surface area contributed by atoms with Crippen molar-refractivity contribution in [3.63, 3.8) is 0 Å². The molecule has 3 rings (SSSR count). The molecule has 1 aliphatic rings. The fraction of sp³-hybridized carbons (Fsp3) is 0.300. The van der Waals surface area contributed by atoms with Crippen LogP contribution in [0.4, 0.5) is 5.69 Å². The molecule has 160 valence electrons. The molecule has 0 aliphatic carbocycles. The van der Waals surface area contributed by atoms with Gasteiger partial charge < -0.3 is 9.64 Å². The Hall–Kier alpha value is -1.80. The smallest absolute Gasteiger partial charge is 0.276 e. The third-order valence-corrected chi connectivity index (χ3v) is 6.53. The zero-order valence-corrected chi connectivity index (χ0v) is 19.6. The third-order valence-electron chi connectivity index (χ3n) is 4.40. The molecular weight excluding hydrogens is 469 g/mol. The van der Waals surface area contributed by atoms with Crippen LogP contribution in [0.5, 0.6) is 5.75 Å². The molecular formula is C20H20Cl3N3O3S. The predicted octanol–water partition coefficient (Wildman–Crippen LogP) is 4.79. The van der Waals surface area contributed by atoms with Gasteiger partial charge in [-0.05, 0) is 36.8 Å². The number of rotatable bonds is 6. The van der Waals surface area contributed by atoms with Gasteiger partial charge in [-0.3, -0.25) is 15.0 Å². The Morgan fingerprint density at radius 3 is 2.33 bits per heavy atom. The molecule has 0 aromatic heterocycles. The fourth-order valence-electron chi connectivity index (χ4n) is 2.87. The third kappa shape index (κ3) is 5.09. The van der Waals surface area contributed by atoms with E-state index in [1.165, 1.54) is 28.9 Å². The number of ether oxygens (including phenoxy) is 1. The van der Waals surface area contributed by atoms with Gasteiger partial charge in [0.25, 0.3) is 11.8 Å². The van der Waals surface area contributed by atoms with Crippen molar-refractivity contribution in [3.8, 4) is 5.75 Å². The fourth-order valence-corrected chi connectivity index (χ4v) is 5.01. The second kappa shape index (κ2) is 9.56. The van der Waals surface area contributed by atoms with Crippen LogP contribution in [-0.2, 0) is 9.59 Å². The summed E-state index contributed by atoms with van der Waals surface area (Å²) < 4.78 is 5.45. The van der Waals surface area contributed by atoms with Gasteiger partial charge >= 0.3 is 0 Å². The van der Waals surface area contributed by atoms with Crippen LogP contribution in [0.15, 0.2) is 36.4 Å². The number of nitrogens with one attached hydrogen (secondary N) is 1. The van der Waals surface area contributed by atoms with Crippen LogP contribution >= 0.6 is 46.6 Å². The zero-order chi connectivity index (χ0) is 22.0. The number of hydrogen-bond acceptors (Lipinski definition) is 5. The molecule has 2 atom stereocenters. The Morgan fingerprint density at radius 2 is 1.77 bits per heavy atom. The Morgan fingerprint density at radius 1 is 1.17 bits per heavy atom. The topological polar surface area (TPSA) is 61.9 Å². The number of carbonyl (C=O) groups excluding carboxylic acids is 2. The van der Waals surface area contributed by atoms with E-state index in [4.69, 9.17) is 39.5 Å². The first-order chi connectivity index (χ1) is 14.2. The maximum absolute atomic E-state index is 12.6. The molecule has 1 heterocycles. The first-order valence-electron chi connectivity index (χ1n) is 9.00. The highest BCUT2D eigenvalue weighted by Gasteiger charge is 2.39. The van der Waals surface area contributed by atoms with Gasteiger partial charge in [-0.15, -0.1) is 11.8 Å². The summed E-state index contributed by atoms with van der Waals surface area (Å²) >= 11 is 19.5. The molecule has 6 nitrogen and oxygen atoms in total. The highest BCUT2D eigenvalue weighted by molar-refractivity contribution is 8.01. The predicted molar refractivity (Wildman–Crippen MR) is 123 cm³/mol. The van der Waals surface area contributed by atoms with Crippen molar-refractivity contribution in [2.45, 2.75) is 17.5 Å². The largest absolute Gasteiger partial charge is 0.481 e. The van der Waals surface area contributed by atoms with E-state index in [1.54, 1.807) is 0 Å². The van der Waals surface area contributed by atoms with Crippen LogP contribution < -0.4 is 15.1 Å². The summed E-state index contributed by atoms with van der Waals surface area (Å²) in [7, 11) is 3.91. The molecule has 1 N–H and O–H groups in total. The second-order valence-corrected chi connectivity index (χ2v) is 9.52. The number of carbonyl (C=O) groups is 2. The number of thioether (sulfide) groups is 1. The van der Waals surface area contributed by atoms with Crippen molar-refractivity contribution in [2.75, 3.05) is 25.6 Å². The molecule has 1 aliphatic heterocycles. The SMILES string of the molecule is C[C@@H]1S[C@@H](c2ccc(N(C)C)cc2)N(NC(=O)COc2c(Cl)cc(Cl)cc2Cl)C1=O. The molecule has 0 radical (unpaired) electrons. The Balaban J connectivity index is 1.70. The number of nitrogens with zero attached hydrogens (tertiary/aromatic N) is 2. The molecule has 1 saturated heterocycles. The molecule has 0 unspecified atom stereocenters. The molecule has 1 fully saturated rings. The Labute approximate surface area is 194 Å². The number of anilines is 1. The lowest BCUT2D eigenvalue weighted by molar-refractivity contribution is -0.141. The molecule has 30 heavy (non-hydrogen) atoms. The molecule has 0 spiro atoms. The van der Waals surface area contributed by atoms with Crippen LogP contribution in [0, 0.1) is 0 Å². The monoisotopic (exact) mass is 487 g/mol. The summed E-state index contributed by atoms with van der Waals surface area (Å²) in [6, 6.07) is 10.8. The molecule has 2 aromatic rings. The van der Waals surface area contributed by atoms with Crippen LogP contribution in [0.3, 0.4) is 0 Å². The minimum Gasteiger partial charge on any atom is -0.481 e. The molecule has 0 bridgehead atoms. The van der Waals surface area contributed by atoms with Gasteiger partial charge in [0, 0.05) is 24.8 Å². The number of hydrogen-bond donors (Lipinski definition) is 1. The van der Waals surface area contributed by atoms with Crippen LogP contribution in [0.1, 0.15) is 17.9 Å². The van der Waals surface area contributed by atoms with Crippen molar-refractivity contribution < 1.29 is 14.3 Å². The number of halogens is 3. The van der Waals surface area contributed by atoms with Gasteiger partial charge in [0.1, 0.15) is 5.37 Å². The van der Waals surface area contributed by atoms with E-state index in [1.807, 2.05) is 50.2 Å². The standard InChI is InChI=1S/C20H20Cl3N3O3S/c1-11-19(28)26(20(30-11)12-4-6-14(7-5-12)25(2)3)24-17(27)10-29-18-15(22)8-13(21)9-16(18)23/h4-9,11,20H,10H2,1-3H3,(H,24,27)/t11-,20-/m0/s1. The summed E-state index contributed by atoms with van der Waals surface area (Å²) in [6.07, 6.45) is 0. The van der Waals surface area contributed by atoms with Crippen LogP contribution in [0.25, 0.3) is 0 Å². The summed E-state index contributed by atoms with van der Waals surface area (Å²) in [5.74, 6) is -0.531. The van der Waals surface area contributed by atoms with E-state index in [0.29, 0.717) is 5.02 Å². The van der Waals surface area contributed by atoms with Crippen molar-refractivity contribution in [1.82, 2.24) is 10.4 Å². The first-order valence-corrected chi connectivity index (χ1v) is 11.1. The van der Waals surface area contributed by atoms with Gasteiger partial charge in [-0.25, -0.2) is 5.01 Å². The molecule has 2 amide bonds. The van der Waals surface area contributed by atoms with Gasteiger partial charge in [0.05, 0.1) is 15.3 Å². The zero-order valence-electron chi connectivity index (χ0n) is 16.5. The van der Waals surface area contributed by atoms with E-state index < -0.39 is 5.91 Å². The van der Waals surface area contributed by atoms with Crippen molar-refractivity contribution in [1.29, 1.82) is 0 Å². The lowest BCUT2D eigenvalue weighted by atomic mass is 10.2. The Bertz CT molecular complexity index is 933. The van der Waals surface area contributed by atoms with E-state index in [-0.39, 0.29) is 38.9 Å². The summed E-state index contributed by atoms with van der Waals surface area (Å²) in [5, 5.41) is 1.47. The second-order valence-electron chi connectivity index (χ2n) is 6.85. The Kier molecular flexibility index (Phi) is 7.29. The van der Waals surface area contributed by atoms with E-state index in [2.05, 4.69) is 5.43 Å². The van der Waals surface area contributed by atoms with Crippen molar-refractivity contribution >= 4 is 64.1 Å². The average molecular weight is 489 g/mol. The maximum atomic E-state index is 12.6.